The number of hydrogen-bond acceptors (Lipinski definition) is 8. The molecule has 2 aliphatic rings. The van der Waals surface area contributed by atoms with Gasteiger partial charge < -0.3 is 19.3 Å². The number of ether oxygens (including phenoxy) is 3. The number of likely N-dealkylation sites (tertiary alicyclic amines) is 1. The molecule has 2 heterocycles. The summed E-state index contributed by atoms with van der Waals surface area (Å²) in [6.45, 7) is 12.5. The topological polar surface area (TPSA) is 115 Å². The molecule has 1 saturated heterocycles. The molecule has 0 aromatic rings. The Bertz CT molecular complexity index is 681. The monoisotopic (exact) mass is 428 g/mol. The van der Waals surface area contributed by atoms with Gasteiger partial charge in [-0.2, -0.15) is 0 Å². The molecule has 5 atom stereocenters. The third-order valence-electron chi connectivity index (χ3n) is 5.50. The first kappa shape index (κ1) is 25.9. The molecule has 172 valence electrons. The van der Waals surface area contributed by atoms with Crippen LogP contribution in [0.15, 0.2) is 4.99 Å². The van der Waals surface area contributed by atoms with Crippen LogP contribution < -0.4 is 0 Å². The molecule has 1 fully saturated rings. The minimum atomic E-state index is -1.43. The Morgan fingerprint density at radius 3 is 2.03 bits per heavy atom. The molecule has 2 aliphatic heterocycles. The Labute approximate surface area is 178 Å². The van der Waals surface area contributed by atoms with Crippen LogP contribution in [-0.4, -0.2) is 71.4 Å². The number of carbonyl (C=O) groups is 3. The van der Waals surface area contributed by atoms with Crippen molar-refractivity contribution >= 4 is 23.7 Å². The molecule has 0 aromatic carbocycles. The summed E-state index contributed by atoms with van der Waals surface area (Å²) >= 11 is 0. The summed E-state index contributed by atoms with van der Waals surface area (Å²) in [4.78, 5) is 40.2. The highest BCUT2D eigenvalue weighted by Crippen LogP contribution is 2.38. The highest BCUT2D eigenvalue weighted by molar-refractivity contribution is 5.91. The average Bonchev–Trinajstić information content (AvgIpc) is 3.08. The number of carbonyl (C=O) groups excluding carboxylic acids is 3. The lowest BCUT2D eigenvalue weighted by Gasteiger charge is -2.36. The van der Waals surface area contributed by atoms with E-state index < -0.39 is 29.4 Å². The number of aliphatic imine (C=N–C) groups is 1. The Kier molecular flexibility index (Phi) is 8.42. The third kappa shape index (κ3) is 6.17. The first-order chi connectivity index (χ1) is 13.7. The number of hydrogen-bond donors (Lipinski definition) is 1. The lowest BCUT2D eigenvalue weighted by atomic mass is 10.00. The molecule has 2 rings (SSSR count). The summed E-state index contributed by atoms with van der Waals surface area (Å²) in [5.41, 5.74) is -1.07. The van der Waals surface area contributed by atoms with Crippen molar-refractivity contribution < 1.29 is 33.7 Å². The van der Waals surface area contributed by atoms with Crippen LogP contribution in [-0.2, 0) is 23.8 Å². The second kappa shape index (κ2) is 9.76. The van der Waals surface area contributed by atoms with Crippen molar-refractivity contribution in [2.75, 3.05) is 14.2 Å². The lowest BCUT2D eigenvalue weighted by Crippen LogP contribution is -2.54. The number of esters is 2. The molecule has 0 aromatic heterocycles. The van der Waals surface area contributed by atoms with Crippen molar-refractivity contribution in [1.29, 1.82) is 0 Å². The van der Waals surface area contributed by atoms with Gasteiger partial charge in [0.15, 0.2) is 0 Å². The van der Waals surface area contributed by atoms with E-state index in [4.69, 9.17) is 4.74 Å². The smallest absolute Gasteiger partial charge is 0.413 e. The number of amides is 1. The van der Waals surface area contributed by atoms with Gasteiger partial charge in [0.2, 0.25) is 0 Å². The predicted molar refractivity (Wildman–Crippen MR) is 111 cm³/mol. The van der Waals surface area contributed by atoms with Crippen LogP contribution in [0.2, 0.25) is 0 Å². The fourth-order valence-electron chi connectivity index (χ4n) is 3.39. The normalized spacial score (nSPS) is 30.7. The zero-order valence-electron chi connectivity index (χ0n) is 19.5. The van der Waals surface area contributed by atoms with E-state index >= 15 is 0 Å². The van der Waals surface area contributed by atoms with E-state index in [1.165, 1.54) is 21.1 Å². The van der Waals surface area contributed by atoms with E-state index in [-0.39, 0.29) is 17.9 Å². The molecular formula is C21H36N2O7. The van der Waals surface area contributed by atoms with Gasteiger partial charge in [-0.05, 0) is 53.4 Å². The summed E-state index contributed by atoms with van der Waals surface area (Å²) in [5, 5.41) is 10.4. The van der Waals surface area contributed by atoms with E-state index in [0.29, 0.717) is 12.3 Å². The summed E-state index contributed by atoms with van der Waals surface area (Å²) in [5.74, 6) is -0.576. The lowest BCUT2D eigenvalue weighted by molar-refractivity contribution is -0.153. The van der Waals surface area contributed by atoms with E-state index in [2.05, 4.69) is 21.4 Å². The Morgan fingerprint density at radius 1 is 1.10 bits per heavy atom. The number of aliphatic hydroxyl groups is 1. The fourth-order valence-corrected chi connectivity index (χ4v) is 3.39. The second-order valence-corrected chi connectivity index (χ2v) is 9.07. The second-order valence-electron chi connectivity index (χ2n) is 9.07. The number of nitrogens with zero attached hydrogens (tertiary/aromatic N) is 2. The van der Waals surface area contributed by atoms with Crippen molar-refractivity contribution in [2.24, 2.45) is 16.8 Å². The van der Waals surface area contributed by atoms with E-state index in [0.717, 1.165) is 17.0 Å². The van der Waals surface area contributed by atoms with E-state index in [1.807, 2.05) is 6.92 Å². The molecule has 1 N–H and O–H groups in total. The third-order valence-corrected chi connectivity index (χ3v) is 5.50. The van der Waals surface area contributed by atoms with Gasteiger partial charge in [-0.3, -0.25) is 9.89 Å². The summed E-state index contributed by atoms with van der Waals surface area (Å²) < 4.78 is 14.5. The summed E-state index contributed by atoms with van der Waals surface area (Å²) in [6.07, 6.45) is 0.439. The standard InChI is InChI=1S/C13H23NO5.C8H13NO2/c1-8-7-9(10(15)18-6)14(13(8,5)17)11(16)19-12(2,3)4;1-5-4-7(8(10)11-3)9-6(5)2/h8-9,17H,7H2,1-6H3;5,7H,4H2,1-3H3/t8-,9-,13?;5-,7-/m00/s1. The van der Waals surface area contributed by atoms with Gasteiger partial charge >= 0.3 is 18.0 Å². The first-order valence-electron chi connectivity index (χ1n) is 10.1. The first-order valence-corrected chi connectivity index (χ1v) is 10.1. The van der Waals surface area contributed by atoms with Crippen LogP contribution in [0.4, 0.5) is 4.79 Å². The highest BCUT2D eigenvalue weighted by Gasteiger charge is 2.54. The molecule has 1 amide bonds. The molecule has 0 saturated carbocycles. The van der Waals surface area contributed by atoms with Crippen LogP contribution in [0.5, 0.6) is 0 Å². The quantitative estimate of drug-likeness (QED) is 0.531. The highest BCUT2D eigenvalue weighted by atomic mass is 16.6. The van der Waals surface area contributed by atoms with E-state index in [9.17, 15) is 19.5 Å². The Morgan fingerprint density at radius 2 is 1.63 bits per heavy atom. The minimum absolute atomic E-state index is 0.214. The van der Waals surface area contributed by atoms with Crippen LogP contribution in [0, 0.1) is 11.8 Å². The summed E-state index contributed by atoms with van der Waals surface area (Å²) in [6, 6.07) is -1.06. The Balaban J connectivity index is 0.000000346. The van der Waals surface area contributed by atoms with Gasteiger partial charge in [0.1, 0.15) is 23.4 Å². The van der Waals surface area contributed by atoms with Crippen molar-refractivity contribution in [3.8, 4) is 0 Å². The van der Waals surface area contributed by atoms with Crippen molar-refractivity contribution in [1.82, 2.24) is 4.90 Å². The average molecular weight is 429 g/mol. The maximum Gasteiger partial charge on any atom is 0.413 e. The van der Waals surface area contributed by atoms with Crippen LogP contribution in [0.25, 0.3) is 0 Å². The molecule has 0 radical (unpaired) electrons. The SMILES string of the molecule is COC(=O)[C@@H]1C[C@H](C)C(C)(O)N1C(=O)OC(C)(C)C.COC(=O)[C@@H]1C[C@H](C)C(C)=N1. The Hall–Kier alpha value is -2.16. The van der Waals surface area contributed by atoms with Crippen LogP contribution >= 0.6 is 0 Å². The molecular weight excluding hydrogens is 392 g/mol. The van der Waals surface area contributed by atoms with Crippen molar-refractivity contribution in [3.05, 3.63) is 0 Å². The van der Waals surface area contributed by atoms with Gasteiger partial charge in [-0.1, -0.05) is 13.8 Å². The molecule has 0 spiro atoms. The molecule has 30 heavy (non-hydrogen) atoms. The molecule has 0 bridgehead atoms. The van der Waals surface area contributed by atoms with Crippen molar-refractivity contribution in [3.63, 3.8) is 0 Å². The molecule has 1 unspecified atom stereocenters. The van der Waals surface area contributed by atoms with E-state index in [1.54, 1.807) is 27.7 Å². The molecule has 9 nitrogen and oxygen atoms in total. The molecule has 9 heteroatoms. The zero-order chi connectivity index (χ0) is 23.4. The van der Waals surface area contributed by atoms with Gasteiger partial charge in [0.25, 0.3) is 0 Å². The van der Waals surface area contributed by atoms with Gasteiger partial charge in [0.05, 0.1) is 14.2 Å². The minimum Gasteiger partial charge on any atom is -0.467 e. The molecule has 0 aliphatic carbocycles. The van der Waals surface area contributed by atoms with Gasteiger partial charge in [-0.15, -0.1) is 0 Å². The largest absolute Gasteiger partial charge is 0.467 e. The van der Waals surface area contributed by atoms with Crippen LogP contribution in [0.1, 0.15) is 61.3 Å². The predicted octanol–water partition coefficient (Wildman–Crippen LogP) is 2.54. The number of methoxy groups -OCH3 is 2. The number of rotatable bonds is 2. The maximum absolute atomic E-state index is 12.2. The van der Waals surface area contributed by atoms with Gasteiger partial charge in [-0.25, -0.2) is 14.4 Å². The van der Waals surface area contributed by atoms with Crippen LogP contribution in [0.3, 0.4) is 0 Å². The summed E-state index contributed by atoms with van der Waals surface area (Å²) in [7, 11) is 2.66. The fraction of sp³-hybridized carbons (Fsp3) is 0.810. The van der Waals surface area contributed by atoms with Crippen molar-refractivity contribution in [2.45, 2.75) is 84.7 Å². The zero-order valence-corrected chi connectivity index (χ0v) is 19.5. The van der Waals surface area contributed by atoms with Gasteiger partial charge in [0, 0.05) is 11.6 Å². The maximum atomic E-state index is 12.2.